The van der Waals surface area contributed by atoms with Crippen LogP contribution in [-0.2, 0) is 6.42 Å². The van der Waals surface area contributed by atoms with Crippen molar-refractivity contribution in [1.29, 1.82) is 0 Å². The Bertz CT molecular complexity index is 505. The zero-order valence-corrected chi connectivity index (χ0v) is 10.2. The van der Waals surface area contributed by atoms with Crippen LogP contribution >= 0.6 is 0 Å². The van der Waals surface area contributed by atoms with Crippen LogP contribution in [0, 0.1) is 13.8 Å². The molecule has 0 bridgehead atoms. The van der Waals surface area contributed by atoms with Gasteiger partial charge in [-0.2, -0.15) is 0 Å². The van der Waals surface area contributed by atoms with E-state index in [1.807, 2.05) is 18.3 Å². The molecule has 4 nitrogen and oxygen atoms in total. The first-order valence-corrected chi connectivity index (χ1v) is 5.81. The maximum atomic E-state index is 8.78. The Hall–Kier alpha value is -1.68. The van der Waals surface area contributed by atoms with Crippen LogP contribution in [0.25, 0.3) is 5.69 Å². The minimum Gasteiger partial charge on any atom is -0.396 e. The summed E-state index contributed by atoms with van der Waals surface area (Å²) in [5.41, 5.74) is 4.44. The lowest BCUT2D eigenvalue weighted by Gasteiger charge is -2.06. The minimum absolute atomic E-state index is 0.191. The Morgan fingerprint density at radius 1 is 1.29 bits per heavy atom. The molecule has 1 N–H and O–H groups in total. The third kappa shape index (κ3) is 2.53. The summed E-state index contributed by atoms with van der Waals surface area (Å²) in [6.07, 6.45) is 3.42. The van der Waals surface area contributed by atoms with Crippen molar-refractivity contribution in [1.82, 2.24) is 15.0 Å². The van der Waals surface area contributed by atoms with Gasteiger partial charge in [-0.3, -0.25) is 0 Å². The maximum absolute atomic E-state index is 8.78. The fraction of sp³-hybridized carbons (Fsp3) is 0.385. The molecule has 1 heterocycles. The third-order valence-electron chi connectivity index (χ3n) is 2.95. The molecule has 1 aromatic carbocycles. The number of nitrogens with zero attached hydrogens (tertiary/aromatic N) is 3. The number of rotatable bonds is 4. The number of hydrogen-bond donors (Lipinski definition) is 1. The van der Waals surface area contributed by atoms with E-state index in [2.05, 4.69) is 30.2 Å². The molecule has 0 spiro atoms. The van der Waals surface area contributed by atoms with Crippen LogP contribution < -0.4 is 0 Å². The van der Waals surface area contributed by atoms with Crippen molar-refractivity contribution in [3.63, 3.8) is 0 Å². The van der Waals surface area contributed by atoms with Gasteiger partial charge >= 0.3 is 0 Å². The maximum Gasteiger partial charge on any atom is 0.0832 e. The second kappa shape index (κ2) is 5.10. The molecule has 0 amide bonds. The van der Waals surface area contributed by atoms with Crippen molar-refractivity contribution < 1.29 is 5.11 Å². The van der Waals surface area contributed by atoms with Crippen molar-refractivity contribution in [2.75, 3.05) is 6.61 Å². The molecular formula is C13H17N3O. The summed E-state index contributed by atoms with van der Waals surface area (Å²) in [5, 5.41) is 17.0. The summed E-state index contributed by atoms with van der Waals surface area (Å²) in [6.45, 7) is 4.36. The molecule has 0 atom stereocenters. The summed E-state index contributed by atoms with van der Waals surface area (Å²) in [6, 6.07) is 6.14. The van der Waals surface area contributed by atoms with Gasteiger partial charge < -0.3 is 5.11 Å². The van der Waals surface area contributed by atoms with Crippen LogP contribution in [0.15, 0.2) is 24.4 Å². The molecule has 0 saturated carbocycles. The van der Waals surface area contributed by atoms with E-state index in [9.17, 15) is 0 Å². The molecule has 1 aromatic heterocycles. The molecule has 0 fully saturated rings. The van der Waals surface area contributed by atoms with E-state index in [1.54, 1.807) is 4.68 Å². The van der Waals surface area contributed by atoms with Crippen molar-refractivity contribution in [3.8, 4) is 5.69 Å². The van der Waals surface area contributed by atoms with E-state index >= 15 is 0 Å². The number of aryl methyl sites for hydroxylation is 2. The van der Waals surface area contributed by atoms with E-state index in [0.29, 0.717) is 0 Å². The van der Waals surface area contributed by atoms with Gasteiger partial charge in [-0.15, -0.1) is 5.10 Å². The minimum atomic E-state index is 0.191. The number of benzene rings is 1. The number of hydrogen-bond acceptors (Lipinski definition) is 3. The summed E-state index contributed by atoms with van der Waals surface area (Å²) in [7, 11) is 0. The fourth-order valence-electron chi connectivity index (χ4n) is 1.77. The lowest BCUT2D eigenvalue weighted by molar-refractivity contribution is 0.288. The van der Waals surface area contributed by atoms with Gasteiger partial charge in [0.15, 0.2) is 0 Å². The lowest BCUT2D eigenvalue weighted by atomic mass is 10.1. The van der Waals surface area contributed by atoms with Gasteiger partial charge in [-0.05, 0) is 43.9 Å². The summed E-state index contributed by atoms with van der Waals surface area (Å²) in [4.78, 5) is 0. The van der Waals surface area contributed by atoms with Crippen LogP contribution in [0.1, 0.15) is 23.2 Å². The average molecular weight is 231 g/mol. The van der Waals surface area contributed by atoms with Crippen LogP contribution in [0.4, 0.5) is 0 Å². The molecule has 0 unspecified atom stereocenters. The Labute approximate surface area is 101 Å². The van der Waals surface area contributed by atoms with Crippen molar-refractivity contribution in [2.24, 2.45) is 0 Å². The topological polar surface area (TPSA) is 50.9 Å². The number of aromatic nitrogens is 3. The second-order valence-electron chi connectivity index (χ2n) is 4.20. The van der Waals surface area contributed by atoms with E-state index < -0.39 is 0 Å². The predicted molar refractivity (Wildman–Crippen MR) is 66.2 cm³/mol. The monoisotopic (exact) mass is 231 g/mol. The first-order chi connectivity index (χ1) is 8.22. The fourth-order valence-corrected chi connectivity index (χ4v) is 1.77. The lowest BCUT2D eigenvalue weighted by Crippen LogP contribution is -1.99. The number of aliphatic hydroxyl groups excluding tert-OH is 1. The van der Waals surface area contributed by atoms with Crippen LogP contribution in [0.3, 0.4) is 0 Å². The van der Waals surface area contributed by atoms with Gasteiger partial charge in [0.25, 0.3) is 0 Å². The highest BCUT2D eigenvalue weighted by molar-refractivity contribution is 5.43. The Morgan fingerprint density at radius 3 is 2.88 bits per heavy atom. The predicted octanol–water partition coefficient (Wildman–Crippen LogP) is 1.81. The van der Waals surface area contributed by atoms with Gasteiger partial charge in [-0.25, -0.2) is 4.68 Å². The first kappa shape index (κ1) is 11.8. The molecule has 4 heteroatoms. The highest BCUT2D eigenvalue weighted by atomic mass is 16.2. The average Bonchev–Trinajstić information content (AvgIpc) is 2.78. The van der Waals surface area contributed by atoms with Gasteiger partial charge in [0.2, 0.25) is 0 Å². The molecular weight excluding hydrogens is 214 g/mol. The SMILES string of the molecule is Cc1cccc(-n2cc(CCCO)nn2)c1C. The van der Waals surface area contributed by atoms with E-state index in [0.717, 1.165) is 24.2 Å². The molecule has 0 radical (unpaired) electrons. The van der Waals surface area contributed by atoms with Crippen LogP contribution in [0.5, 0.6) is 0 Å². The molecule has 0 aliphatic rings. The molecule has 0 aliphatic heterocycles. The third-order valence-corrected chi connectivity index (χ3v) is 2.95. The number of aliphatic hydroxyl groups is 1. The summed E-state index contributed by atoms with van der Waals surface area (Å²) < 4.78 is 1.80. The van der Waals surface area contributed by atoms with Crippen molar-refractivity contribution >= 4 is 0 Å². The molecule has 2 aromatic rings. The second-order valence-corrected chi connectivity index (χ2v) is 4.20. The van der Waals surface area contributed by atoms with E-state index in [4.69, 9.17) is 5.11 Å². The molecule has 90 valence electrons. The molecule has 17 heavy (non-hydrogen) atoms. The Balaban J connectivity index is 2.27. The normalized spacial score (nSPS) is 10.8. The standard InChI is InChI=1S/C13H17N3O/c1-10-5-3-7-13(11(10)2)16-9-12(14-15-16)6-4-8-17/h3,5,7,9,17H,4,6,8H2,1-2H3. The molecule has 0 saturated heterocycles. The van der Waals surface area contributed by atoms with Crippen molar-refractivity contribution in [3.05, 3.63) is 41.2 Å². The zero-order chi connectivity index (χ0) is 12.3. The highest BCUT2D eigenvalue weighted by Crippen LogP contribution is 2.16. The first-order valence-electron chi connectivity index (χ1n) is 5.81. The summed E-state index contributed by atoms with van der Waals surface area (Å²) >= 11 is 0. The smallest absolute Gasteiger partial charge is 0.0832 e. The van der Waals surface area contributed by atoms with Crippen molar-refractivity contribution in [2.45, 2.75) is 26.7 Å². The highest BCUT2D eigenvalue weighted by Gasteiger charge is 2.06. The molecule has 2 rings (SSSR count). The molecule has 0 aliphatic carbocycles. The van der Waals surface area contributed by atoms with Crippen LogP contribution in [0.2, 0.25) is 0 Å². The van der Waals surface area contributed by atoms with E-state index in [1.165, 1.54) is 11.1 Å². The van der Waals surface area contributed by atoms with Gasteiger partial charge in [-0.1, -0.05) is 17.3 Å². The Kier molecular flexibility index (Phi) is 3.54. The Morgan fingerprint density at radius 2 is 2.12 bits per heavy atom. The largest absolute Gasteiger partial charge is 0.396 e. The van der Waals surface area contributed by atoms with Gasteiger partial charge in [0.1, 0.15) is 0 Å². The van der Waals surface area contributed by atoms with E-state index in [-0.39, 0.29) is 6.61 Å². The van der Waals surface area contributed by atoms with Gasteiger partial charge in [0, 0.05) is 6.61 Å². The van der Waals surface area contributed by atoms with Crippen LogP contribution in [-0.4, -0.2) is 26.7 Å². The van der Waals surface area contributed by atoms with Gasteiger partial charge in [0.05, 0.1) is 17.6 Å². The summed E-state index contributed by atoms with van der Waals surface area (Å²) in [5.74, 6) is 0. The zero-order valence-electron chi connectivity index (χ0n) is 10.2. The quantitative estimate of drug-likeness (QED) is 0.873.